The van der Waals surface area contributed by atoms with Gasteiger partial charge in [0.05, 0.1) is 5.92 Å². The fourth-order valence-corrected chi connectivity index (χ4v) is 1.54. The van der Waals surface area contributed by atoms with Gasteiger partial charge in [0.15, 0.2) is 0 Å². The van der Waals surface area contributed by atoms with Gasteiger partial charge in [0.2, 0.25) is 5.56 Å². The predicted octanol–water partition coefficient (Wildman–Crippen LogP) is -0.468. The van der Waals surface area contributed by atoms with Crippen LogP contribution in [0.15, 0.2) is 23.0 Å². The van der Waals surface area contributed by atoms with E-state index in [2.05, 4.69) is 4.98 Å². The van der Waals surface area contributed by atoms with Gasteiger partial charge in [-0.1, -0.05) is 6.07 Å². The molecule has 0 aromatic carbocycles. The molecule has 2 rings (SSSR count). The van der Waals surface area contributed by atoms with Crippen LogP contribution in [0.5, 0.6) is 0 Å². The van der Waals surface area contributed by atoms with Crippen molar-refractivity contribution in [2.24, 2.45) is 5.92 Å². The molecule has 1 amide bonds. The molecule has 0 bridgehead atoms. The highest BCUT2D eigenvalue weighted by atomic mass is 16.4. The molecule has 1 aliphatic rings. The first-order valence-corrected chi connectivity index (χ1v) is 4.79. The van der Waals surface area contributed by atoms with Crippen LogP contribution in [0.2, 0.25) is 0 Å². The molecule has 2 N–H and O–H groups in total. The molecule has 0 atom stereocenters. The summed E-state index contributed by atoms with van der Waals surface area (Å²) in [6, 6.07) is 4.30. The van der Waals surface area contributed by atoms with Gasteiger partial charge in [-0.2, -0.15) is 0 Å². The van der Waals surface area contributed by atoms with Crippen molar-refractivity contribution in [2.75, 3.05) is 13.1 Å². The number of nitrogens with one attached hydrogen (secondary N) is 1. The van der Waals surface area contributed by atoms with E-state index in [9.17, 15) is 14.4 Å². The zero-order valence-electron chi connectivity index (χ0n) is 8.34. The number of hydrogen-bond donors (Lipinski definition) is 2. The lowest BCUT2D eigenvalue weighted by Gasteiger charge is -2.36. The molecule has 0 radical (unpaired) electrons. The Morgan fingerprint density at radius 2 is 2.06 bits per heavy atom. The summed E-state index contributed by atoms with van der Waals surface area (Å²) in [7, 11) is 0. The average Bonchev–Trinajstić information content (AvgIpc) is 2.14. The molecule has 0 aliphatic carbocycles. The molecule has 1 aromatic rings. The number of carboxylic acids is 1. The number of carboxylic acid groups (broad SMARTS) is 1. The molecule has 16 heavy (non-hydrogen) atoms. The van der Waals surface area contributed by atoms with Crippen LogP contribution in [-0.4, -0.2) is 40.0 Å². The number of aliphatic carboxylic acids is 1. The predicted molar refractivity (Wildman–Crippen MR) is 54.1 cm³/mol. The van der Waals surface area contributed by atoms with Crippen molar-refractivity contribution in [1.29, 1.82) is 0 Å². The summed E-state index contributed by atoms with van der Waals surface area (Å²) in [4.78, 5) is 37.0. The number of aromatic amines is 1. The first-order chi connectivity index (χ1) is 7.58. The highest BCUT2D eigenvalue weighted by molar-refractivity contribution is 5.93. The number of likely N-dealkylation sites (tertiary alicyclic amines) is 1. The normalized spacial score (nSPS) is 15.6. The smallest absolute Gasteiger partial charge is 0.310 e. The number of hydrogen-bond acceptors (Lipinski definition) is 3. The Morgan fingerprint density at radius 1 is 1.38 bits per heavy atom. The second kappa shape index (κ2) is 3.80. The summed E-state index contributed by atoms with van der Waals surface area (Å²) in [6.45, 7) is 0.399. The Labute approximate surface area is 90.5 Å². The summed E-state index contributed by atoms with van der Waals surface area (Å²) in [5.74, 6) is -1.72. The Kier molecular flexibility index (Phi) is 2.47. The summed E-state index contributed by atoms with van der Waals surface area (Å²) < 4.78 is 0. The minimum Gasteiger partial charge on any atom is -0.481 e. The van der Waals surface area contributed by atoms with Crippen molar-refractivity contribution in [2.45, 2.75) is 0 Å². The number of pyridine rings is 1. The van der Waals surface area contributed by atoms with Gasteiger partial charge >= 0.3 is 5.97 Å². The van der Waals surface area contributed by atoms with Gasteiger partial charge in [-0.15, -0.1) is 0 Å². The first-order valence-electron chi connectivity index (χ1n) is 4.79. The lowest BCUT2D eigenvalue weighted by molar-refractivity contribution is -0.146. The molecule has 0 unspecified atom stereocenters. The molecule has 1 aromatic heterocycles. The summed E-state index contributed by atoms with van der Waals surface area (Å²) >= 11 is 0. The SMILES string of the molecule is O=C(O)C1CN(C(=O)c2cccc(=O)[nH]2)C1. The third-order valence-corrected chi connectivity index (χ3v) is 2.52. The third-order valence-electron chi connectivity index (χ3n) is 2.52. The molecular formula is C10H10N2O4. The Morgan fingerprint density at radius 3 is 2.62 bits per heavy atom. The molecule has 6 nitrogen and oxygen atoms in total. The van der Waals surface area contributed by atoms with Gasteiger partial charge in [0, 0.05) is 19.2 Å². The Bertz CT molecular complexity index is 488. The van der Waals surface area contributed by atoms with E-state index in [4.69, 9.17) is 5.11 Å². The van der Waals surface area contributed by atoms with Crippen LogP contribution >= 0.6 is 0 Å². The zero-order chi connectivity index (χ0) is 11.7. The monoisotopic (exact) mass is 222 g/mol. The van der Waals surface area contributed by atoms with Crippen LogP contribution in [0.25, 0.3) is 0 Å². The second-order valence-electron chi connectivity index (χ2n) is 3.67. The number of carbonyl (C=O) groups excluding carboxylic acids is 1. The van der Waals surface area contributed by atoms with Gasteiger partial charge in [-0.05, 0) is 6.07 Å². The van der Waals surface area contributed by atoms with Crippen molar-refractivity contribution in [3.05, 3.63) is 34.2 Å². The van der Waals surface area contributed by atoms with E-state index in [1.807, 2.05) is 0 Å². The molecule has 0 spiro atoms. The fraction of sp³-hybridized carbons (Fsp3) is 0.300. The first kappa shape index (κ1) is 10.4. The maximum absolute atomic E-state index is 11.7. The van der Waals surface area contributed by atoms with Crippen LogP contribution in [-0.2, 0) is 4.79 Å². The maximum atomic E-state index is 11.7. The zero-order valence-corrected chi connectivity index (χ0v) is 8.34. The lowest BCUT2D eigenvalue weighted by atomic mass is 10.00. The highest BCUT2D eigenvalue weighted by Crippen LogP contribution is 2.17. The molecule has 1 aliphatic heterocycles. The van der Waals surface area contributed by atoms with Crippen LogP contribution in [0.4, 0.5) is 0 Å². The van der Waals surface area contributed by atoms with Crippen molar-refractivity contribution in [1.82, 2.24) is 9.88 Å². The van der Waals surface area contributed by atoms with Gasteiger partial charge < -0.3 is 15.0 Å². The number of aromatic nitrogens is 1. The van der Waals surface area contributed by atoms with E-state index < -0.39 is 11.9 Å². The fourth-order valence-electron chi connectivity index (χ4n) is 1.54. The molecular weight excluding hydrogens is 212 g/mol. The highest BCUT2D eigenvalue weighted by Gasteiger charge is 2.36. The average molecular weight is 222 g/mol. The standard InChI is InChI=1S/C10H10N2O4/c13-8-3-1-2-7(11-8)9(14)12-4-6(5-12)10(15)16/h1-3,6H,4-5H2,(H,11,13)(H,15,16). The molecule has 84 valence electrons. The van der Waals surface area contributed by atoms with Crippen LogP contribution in [0.3, 0.4) is 0 Å². The lowest BCUT2D eigenvalue weighted by Crippen LogP contribution is -2.53. The van der Waals surface area contributed by atoms with E-state index in [0.717, 1.165) is 0 Å². The number of carbonyl (C=O) groups is 2. The second-order valence-corrected chi connectivity index (χ2v) is 3.67. The minimum atomic E-state index is -0.898. The van der Waals surface area contributed by atoms with E-state index >= 15 is 0 Å². The van der Waals surface area contributed by atoms with E-state index in [0.29, 0.717) is 0 Å². The largest absolute Gasteiger partial charge is 0.481 e. The summed E-state index contributed by atoms with van der Waals surface area (Å²) in [5, 5.41) is 8.65. The summed E-state index contributed by atoms with van der Waals surface area (Å²) in [6.07, 6.45) is 0. The molecule has 1 fully saturated rings. The number of amides is 1. The Hall–Kier alpha value is -2.11. The van der Waals surface area contributed by atoms with Crippen molar-refractivity contribution in [3.8, 4) is 0 Å². The van der Waals surface area contributed by atoms with Crippen molar-refractivity contribution < 1.29 is 14.7 Å². The topological polar surface area (TPSA) is 90.5 Å². The van der Waals surface area contributed by atoms with Gasteiger partial charge in [-0.3, -0.25) is 14.4 Å². The van der Waals surface area contributed by atoms with Gasteiger partial charge in [-0.25, -0.2) is 0 Å². The van der Waals surface area contributed by atoms with Crippen LogP contribution in [0.1, 0.15) is 10.5 Å². The van der Waals surface area contributed by atoms with E-state index in [1.54, 1.807) is 0 Å². The number of H-pyrrole nitrogens is 1. The van der Waals surface area contributed by atoms with Gasteiger partial charge in [0.25, 0.3) is 5.91 Å². The van der Waals surface area contributed by atoms with Crippen LogP contribution < -0.4 is 5.56 Å². The number of nitrogens with zero attached hydrogens (tertiary/aromatic N) is 1. The quantitative estimate of drug-likeness (QED) is 0.707. The Balaban J connectivity index is 2.06. The van der Waals surface area contributed by atoms with E-state index in [-0.39, 0.29) is 30.2 Å². The molecule has 1 saturated heterocycles. The van der Waals surface area contributed by atoms with Crippen molar-refractivity contribution in [3.63, 3.8) is 0 Å². The maximum Gasteiger partial charge on any atom is 0.310 e. The van der Waals surface area contributed by atoms with Gasteiger partial charge in [0.1, 0.15) is 5.69 Å². The molecule has 0 saturated carbocycles. The van der Waals surface area contributed by atoms with E-state index in [1.165, 1.54) is 23.1 Å². The number of rotatable bonds is 2. The molecule has 2 heterocycles. The van der Waals surface area contributed by atoms with Crippen LogP contribution in [0, 0.1) is 5.92 Å². The third kappa shape index (κ3) is 1.81. The molecule has 6 heteroatoms. The summed E-state index contributed by atoms with van der Waals surface area (Å²) in [5.41, 5.74) is -0.155. The minimum absolute atomic E-state index is 0.191. The van der Waals surface area contributed by atoms with Crippen molar-refractivity contribution >= 4 is 11.9 Å².